The van der Waals surface area contributed by atoms with E-state index in [4.69, 9.17) is 10.5 Å². The van der Waals surface area contributed by atoms with E-state index >= 15 is 0 Å². The van der Waals surface area contributed by atoms with Gasteiger partial charge in [-0.1, -0.05) is 61.9 Å². The van der Waals surface area contributed by atoms with Gasteiger partial charge >= 0.3 is 0 Å². The van der Waals surface area contributed by atoms with Gasteiger partial charge in [-0.25, -0.2) is 0 Å². The number of primary amides is 1. The Morgan fingerprint density at radius 1 is 0.970 bits per heavy atom. The van der Waals surface area contributed by atoms with Crippen LogP contribution in [-0.4, -0.2) is 10.5 Å². The molecule has 0 aliphatic rings. The Morgan fingerprint density at radius 2 is 1.76 bits per heavy atom. The molecule has 4 aromatic carbocycles. The Balaban J connectivity index is 1.69. The van der Waals surface area contributed by atoms with E-state index < -0.39 is 5.91 Å². The molecule has 0 aliphatic carbocycles. The molecule has 1 amide bonds. The van der Waals surface area contributed by atoms with Gasteiger partial charge in [0.2, 0.25) is 5.91 Å². The van der Waals surface area contributed by atoms with Crippen LogP contribution >= 0.6 is 0 Å². The Kier molecular flexibility index (Phi) is 5.57. The molecular weight excluding hydrogens is 408 g/mol. The van der Waals surface area contributed by atoms with Gasteiger partial charge in [0, 0.05) is 21.9 Å². The van der Waals surface area contributed by atoms with Gasteiger partial charge in [-0.15, -0.1) is 0 Å². The van der Waals surface area contributed by atoms with E-state index in [0.717, 1.165) is 51.7 Å². The second-order valence-corrected chi connectivity index (χ2v) is 8.19. The fourth-order valence-electron chi connectivity index (χ4n) is 4.43. The first-order chi connectivity index (χ1) is 16.2. The number of para-hydroxylation sites is 2. The van der Waals surface area contributed by atoms with Gasteiger partial charge in [0.05, 0.1) is 17.6 Å². The van der Waals surface area contributed by atoms with Crippen LogP contribution in [0.25, 0.3) is 21.8 Å². The minimum absolute atomic E-state index is 0.432. The lowest BCUT2D eigenvalue weighted by atomic mass is 10.0. The predicted molar refractivity (Wildman–Crippen MR) is 133 cm³/mol. The molecule has 1 heterocycles. The molecule has 5 aromatic rings. The minimum Gasteiger partial charge on any atom is -0.457 e. The quantitative estimate of drug-likeness (QED) is 0.319. The largest absolute Gasteiger partial charge is 0.457 e. The molecule has 5 rings (SSSR count). The standard InChI is InChI=1S/C29H25N2O2/c1-2-9-20-16-17-23-26(18-20)31(25-14-8-13-24(28(23)25)29(30)32)19-21-10-6-7-15-27(21)33-22-11-4-3-5-12-22/h3-8,10-16,18H,2,9,19H2,1H3,(H2,30,32). The van der Waals surface area contributed by atoms with E-state index in [0.29, 0.717) is 12.1 Å². The van der Waals surface area contributed by atoms with E-state index in [1.807, 2.05) is 66.7 Å². The van der Waals surface area contributed by atoms with Crippen molar-refractivity contribution in [2.45, 2.75) is 26.3 Å². The molecule has 0 aliphatic heterocycles. The number of carbonyl (C=O) groups excluding carboxylic acids is 1. The number of fused-ring (bicyclic) bond motifs is 3. The Bertz CT molecular complexity index is 1450. The summed E-state index contributed by atoms with van der Waals surface area (Å²) < 4.78 is 8.45. The number of amides is 1. The van der Waals surface area contributed by atoms with Gasteiger partial charge in [-0.05, 0) is 54.4 Å². The van der Waals surface area contributed by atoms with Gasteiger partial charge in [0.1, 0.15) is 11.5 Å². The maximum Gasteiger partial charge on any atom is 0.249 e. The summed E-state index contributed by atoms with van der Waals surface area (Å²) in [6, 6.07) is 31.2. The molecule has 0 unspecified atom stereocenters. The van der Waals surface area contributed by atoms with Gasteiger partial charge < -0.3 is 15.0 Å². The summed E-state index contributed by atoms with van der Waals surface area (Å²) >= 11 is 0. The van der Waals surface area contributed by atoms with Crippen molar-refractivity contribution in [3.63, 3.8) is 0 Å². The van der Waals surface area contributed by atoms with Crippen molar-refractivity contribution in [2.75, 3.05) is 0 Å². The van der Waals surface area contributed by atoms with E-state index in [1.165, 1.54) is 5.56 Å². The highest BCUT2D eigenvalue weighted by molar-refractivity contribution is 6.17. The number of nitrogens with zero attached hydrogens (tertiary/aromatic N) is 1. The average Bonchev–Trinajstić information content (AvgIpc) is 3.14. The van der Waals surface area contributed by atoms with Crippen LogP contribution in [0.5, 0.6) is 11.5 Å². The molecule has 0 saturated carbocycles. The SMILES string of the molecule is CCCc1c[c]c2c3c(C(N)=O)cccc3n(Cc3ccccc3Oc3ccccc3)c2c1. The van der Waals surface area contributed by atoms with Gasteiger partial charge in [-0.3, -0.25) is 4.79 Å². The minimum atomic E-state index is -0.432. The molecule has 1 radical (unpaired) electrons. The molecule has 2 N–H and O–H groups in total. The summed E-state index contributed by atoms with van der Waals surface area (Å²) in [6.45, 7) is 2.76. The monoisotopic (exact) mass is 433 g/mol. The summed E-state index contributed by atoms with van der Waals surface area (Å²) in [7, 11) is 0. The summed E-state index contributed by atoms with van der Waals surface area (Å²) in [6.07, 6.45) is 2.03. The van der Waals surface area contributed by atoms with Crippen LogP contribution in [0.15, 0.2) is 84.9 Å². The highest BCUT2D eigenvalue weighted by Crippen LogP contribution is 2.34. The predicted octanol–water partition coefficient (Wildman–Crippen LogP) is 6.49. The van der Waals surface area contributed by atoms with E-state index in [1.54, 1.807) is 6.07 Å². The van der Waals surface area contributed by atoms with E-state index in [-0.39, 0.29) is 0 Å². The third-order valence-electron chi connectivity index (χ3n) is 5.93. The third-order valence-corrected chi connectivity index (χ3v) is 5.93. The van der Waals surface area contributed by atoms with Crippen LogP contribution in [0, 0.1) is 6.07 Å². The molecular formula is C29H25N2O2. The lowest BCUT2D eigenvalue weighted by molar-refractivity contribution is 0.100. The Morgan fingerprint density at radius 3 is 2.55 bits per heavy atom. The zero-order valence-electron chi connectivity index (χ0n) is 18.5. The first kappa shape index (κ1) is 20.8. The number of benzene rings is 4. The van der Waals surface area contributed by atoms with Crippen molar-refractivity contribution in [3.8, 4) is 11.5 Å². The summed E-state index contributed by atoms with van der Waals surface area (Å²) in [4.78, 5) is 12.2. The summed E-state index contributed by atoms with van der Waals surface area (Å²) in [5.41, 5.74) is 10.5. The van der Waals surface area contributed by atoms with Crippen molar-refractivity contribution in [3.05, 3.63) is 108 Å². The number of aryl methyl sites for hydroxylation is 1. The first-order valence-electron chi connectivity index (χ1n) is 11.2. The molecule has 1 aromatic heterocycles. The number of rotatable bonds is 7. The summed E-state index contributed by atoms with van der Waals surface area (Å²) in [5, 5.41) is 1.77. The first-order valence-corrected chi connectivity index (χ1v) is 11.2. The lowest BCUT2D eigenvalue weighted by Crippen LogP contribution is -2.11. The third kappa shape index (κ3) is 3.96. The fourth-order valence-corrected chi connectivity index (χ4v) is 4.43. The van der Waals surface area contributed by atoms with Crippen LogP contribution < -0.4 is 10.5 Å². The molecule has 4 heteroatoms. The molecule has 0 fully saturated rings. The highest BCUT2D eigenvalue weighted by Gasteiger charge is 2.18. The van der Waals surface area contributed by atoms with Crippen molar-refractivity contribution >= 4 is 27.7 Å². The molecule has 33 heavy (non-hydrogen) atoms. The number of hydrogen-bond acceptors (Lipinski definition) is 2. The number of hydrogen-bond donors (Lipinski definition) is 1. The zero-order valence-corrected chi connectivity index (χ0v) is 18.5. The van der Waals surface area contributed by atoms with Crippen molar-refractivity contribution < 1.29 is 9.53 Å². The molecule has 163 valence electrons. The van der Waals surface area contributed by atoms with Crippen LogP contribution in [0.4, 0.5) is 0 Å². The second kappa shape index (κ2) is 8.83. The van der Waals surface area contributed by atoms with Crippen LogP contribution in [-0.2, 0) is 13.0 Å². The normalized spacial score (nSPS) is 11.2. The molecule has 0 bridgehead atoms. The smallest absolute Gasteiger partial charge is 0.249 e. The number of carbonyl (C=O) groups is 1. The average molecular weight is 434 g/mol. The topological polar surface area (TPSA) is 57.2 Å². The van der Waals surface area contributed by atoms with Gasteiger partial charge in [-0.2, -0.15) is 0 Å². The summed E-state index contributed by atoms with van der Waals surface area (Å²) in [5.74, 6) is 1.17. The van der Waals surface area contributed by atoms with Crippen LogP contribution in [0.1, 0.15) is 34.8 Å². The maximum absolute atomic E-state index is 12.2. The van der Waals surface area contributed by atoms with Crippen molar-refractivity contribution in [1.82, 2.24) is 4.57 Å². The number of ether oxygens (including phenoxy) is 1. The van der Waals surface area contributed by atoms with E-state index in [2.05, 4.69) is 29.7 Å². The lowest BCUT2D eigenvalue weighted by Gasteiger charge is -2.14. The van der Waals surface area contributed by atoms with Gasteiger partial charge in [0.15, 0.2) is 0 Å². The van der Waals surface area contributed by atoms with Crippen LogP contribution in [0.2, 0.25) is 0 Å². The second-order valence-electron chi connectivity index (χ2n) is 8.19. The van der Waals surface area contributed by atoms with Crippen molar-refractivity contribution in [1.29, 1.82) is 0 Å². The maximum atomic E-state index is 12.2. The molecule has 0 spiro atoms. The Hall–Kier alpha value is -4.05. The number of nitrogens with two attached hydrogens (primary N) is 1. The zero-order chi connectivity index (χ0) is 22.8. The molecule has 0 saturated heterocycles. The number of aromatic nitrogens is 1. The Labute approximate surface area is 193 Å². The van der Waals surface area contributed by atoms with Crippen molar-refractivity contribution in [2.24, 2.45) is 5.73 Å². The van der Waals surface area contributed by atoms with Crippen LogP contribution in [0.3, 0.4) is 0 Å². The van der Waals surface area contributed by atoms with E-state index in [9.17, 15) is 4.79 Å². The fraction of sp³-hybridized carbons (Fsp3) is 0.138. The van der Waals surface area contributed by atoms with Gasteiger partial charge in [0.25, 0.3) is 0 Å². The highest BCUT2D eigenvalue weighted by atomic mass is 16.5. The molecule has 4 nitrogen and oxygen atoms in total. The molecule has 0 atom stereocenters.